The first-order chi connectivity index (χ1) is 12.8. The number of hydrogen-bond donors (Lipinski definition) is 0. The Labute approximate surface area is 184 Å². The van der Waals surface area contributed by atoms with E-state index in [0.29, 0.717) is 0 Å². The van der Waals surface area contributed by atoms with Crippen LogP contribution in [0, 0.1) is 0 Å². The Bertz CT molecular complexity index is 811. The molecule has 0 aliphatic carbocycles. The molecule has 4 heteroatoms. The quantitative estimate of drug-likeness (QED) is 0.363. The molecular weight excluding hydrogens is 415 g/mol. The first kappa shape index (κ1) is 22.2. The molecule has 0 unspecified atom stereocenters. The molecule has 3 aromatic heterocycles. The lowest BCUT2D eigenvalue weighted by Gasteiger charge is -2.18. The molecule has 3 rings (SSSR count). The zero-order chi connectivity index (χ0) is 20.9. The van der Waals surface area contributed by atoms with Gasteiger partial charge in [-0.15, -0.1) is 34.0 Å². The molecule has 0 aliphatic heterocycles. The summed E-state index contributed by atoms with van der Waals surface area (Å²) in [5.41, 5.74) is 0.631. The van der Waals surface area contributed by atoms with Crippen LogP contribution in [0.25, 0.3) is 0 Å². The van der Waals surface area contributed by atoms with Crippen LogP contribution in [-0.4, -0.2) is 0 Å². The fourth-order valence-corrected chi connectivity index (χ4v) is 10.9. The molecule has 0 spiro atoms. The topological polar surface area (TPSA) is 0 Å². The zero-order valence-corrected chi connectivity index (χ0v) is 22.0. The second kappa shape index (κ2) is 7.65. The fourth-order valence-electron chi connectivity index (χ4n) is 2.88. The van der Waals surface area contributed by atoms with Gasteiger partial charge in [0.2, 0.25) is 0 Å². The SMILES string of the molecule is CC(C)(C)c1ccc(P(c2ccc(C(C)(C)C)s2)c2ccc(C(C)(C)C)s2)s1. The zero-order valence-electron chi connectivity index (χ0n) is 18.6. The molecule has 0 nitrogen and oxygen atoms in total. The van der Waals surface area contributed by atoms with Crippen molar-refractivity contribution in [3.05, 3.63) is 51.0 Å². The van der Waals surface area contributed by atoms with E-state index < -0.39 is 7.92 Å². The number of thiophene rings is 3. The van der Waals surface area contributed by atoms with Crippen molar-refractivity contribution in [1.82, 2.24) is 0 Å². The van der Waals surface area contributed by atoms with E-state index in [0.717, 1.165) is 0 Å². The standard InChI is InChI=1S/C24H33PS3/c1-22(2,3)16-10-13-19(26-16)25(20-14-11-17(27-20)23(4,5)6)21-15-12-18(28-21)24(7,8)9/h10-15H,1-9H3. The average Bonchev–Trinajstić information content (AvgIpc) is 3.26. The van der Waals surface area contributed by atoms with E-state index in [1.54, 1.807) is 0 Å². The van der Waals surface area contributed by atoms with Gasteiger partial charge < -0.3 is 0 Å². The first-order valence-corrected chi connectivity index (χ1v) is 13.7. The molecular formula is C24H33PS3. The number of hydrogen-bond acceptors (Lipinski definition) is 3. The molecule has 0 amide bonds. The van der Waals surface area contributed by atoms with Crippen LogP contribution in [0.15, 0.2) is 36.4 Å². The van der Waals surface area contributed by atoms with Crippen molar-refractivity contribution in [2.24, 2.45) is 0 Å². The van der Waals surface area contributed by atoms with Crippen LogP contribution in [0.2, 0.25) is 0 Å². The van der Waals surface area contributed by atoms with Gasteiger partial charge in [0.15, 0.2) is 0 Å². The molecule has 0 saturated heterocycles. The van der Waals surface area contributed by atoms with Crippen molar-refractivity contribution in [3.8, 4) is 0 Å². The predicted octanol–water partition coefficient (Wildman–Crippen LogP) is 7.52. The van der Waals surface area contributed by atoms with Gasteiger partial charge >= 0.3 is 0 Å². The van der Waals surface area contributed by atoms with Crippen LogP contribution in [-0.2, 0) is 16.2 Å². The van der Waals surface area contributed by atoms with Crippen LogP contribution in [0.1, 0.15) is 76.9 Å². The van der Waals surface area contributed by atoms with Gasteiger partial charge in [-0.2, -0.15) is 0 Å². The molecule has 0 fully saturated rings. The van der Waals surface area contributed by atoms with E-state index >= 15 is 0 Å². The van der Waals surface area contributed by atoms with E-state index in [-0.39, 0.29) is 16.2 Å². The monoisotopic (exact) mass is 448 g/mol. The molecule has 0 bridgehead atoms. The Morgan fingerprint density at radius 2 is 0.714 bits per heavy atom. The average molecular weight is 449 g/mol. The molecule has 0 radical (unpaired) electrons. The Kier molecular flexibility index (Phi) is 6.07. The minimum atomic E-state index is -0.469. The molecule has 0 N–H and O–H groups in total. The lowest BCUT2D eigenvalue weighted by molar-refractivity contribution is 0.603. The van der Waals surface area contributed by atoms with Crippen molar-refractivity contribution >= 4 is 55.8 Å². The van der Waals surface area contributed by atoms with Gasteiger partial charge in [0.25, 0.3) is 0 Å². The van der Waals surface area contributed by atoms with E-state index in [2.05, 4.69) is 98.7 Å². The summed E-state index contributed by atoms with van der Waals surface area (Å²) in [7, 11) is -0.469. The summed E-state index contributed by atoms with van der Waals surface area (Å²) in [5.74, 6) is 0. The predicted molar refractivity (Wildman–Crippen MR) is 135 cm³/mol. The maximum absolute atomic E-state index is 2.39. The van der Waals surface area contributed by atoms with Gasteiger partial charge in [-0.1, -0.05) is 62.3 Å². The highest BCUT2D eigenvalue weighted by Gasteiger charge is 2.27. The van der Waals surface area contributed by atoms with Gasteiger partial charge in [0.05, 0.1) is 0 Å². The molecule has 152 valence electrons. The minimum Gasteiger partial charge on any atom is -0.139 e. The van der Waals surface area contributed by atoms with Crippen LogP contribution < -0.4 is 13.9 Å². The van der Waals surface area contributed by atoms with Crippen molar-refractivity contribution in [2.75, 3.05) is 0 Å². The van der Waals surface area contributed by atoms with Crippen molar-refractivity contribution < 1.29 is 0 Å². The van der Waals surface area contributed by atoms with E-state index in [1.165, 1.54) is 28.5 Å². The fraction of sp³-hybridized carbons (Fsp3) is 0.500. The summed E-state index contributed by atoms with van der Waals surface area (Å²) in [6.07, 6.45) is 0. The molecule has 0 atom stereocenters. The van der Waals surface area contributed by atoms with E-state index in [1.807, 2.05) is 34.0 Å². The van der Waals surface area contributed by atoms with Crippen molar-refractivity contribution in [3.63, 3.8) is 0 Å². The summed E-state index contributed by atoms with van der Waals surface area (Å²) in [4.78, 5) is 4.45. The Morgan fingerprint density at radius 1 is 0.464 bits per heavy atom. The van der Waals surface area contributed by atoms with E-state index in [9.17, 15) is 0 Å². The van der Waals surface area contributed by atoms with Gasteiger partial charge in [0, 0.05) is 36.4 Å². The van der Waals surface area contributed by atoms with Crippen LogP contribution in [0.3, 0.4) is 0 Å². The Hall–Kier alpha value is -0.470. The summed E-state index contributed by atoms with van der Waals surface area (Å²) in [6, 6.07) is 14.2. The maximum Gasteiger partial charge on any atom is 0.0388 e. The Balaban J connectivity index is 2.10. The van der Waals surface area contributed by atoms with Gasteiger partial charge in [-0.25, -0.2) is 0 Å². The molecule has 0 saturated carbocycles. The molecule has 3 heterocycles. The molecule has 0 aliphatic rings. The molecule has 0 aromatic carbocycles. The lowest BCUT2D eigenvalue weighted by Crippen LogP contribution is -2.15. The summed E-state index contributed by atoms with van der Waals surface area (Å²) in [6.45, 7) is 20.8. The van der Waals surface area contributed by atoms with Crippen molar-refractivity contribution in [2.45, 2.75) is 78.6 Å². The highest BCUT2D eigenvalue weighted by Crippen LogP contribution is 2.44. The largest absolute Gasteiger partial charge is 0.139 e. The highest BCUT2D eigenvalue weighted by atomic mass is 32.1. The third-order valence-corrected chi connectivity index (χ3v) is 12.8. The van der Waals surface area contributed by atoms with Crippen LogP contribution in [0.4, 0.5) is 0 Å². The van der Waals surface area contributed by atoms with Gasteiger partial charge in [-0.3, -0.25) is 0 Å². The van der Waals surface area contributed by atoms with Crippen LogP contribution >= 0.6 is 41.9 Å². The highest BCUT2D eigenvalue weighted by molar-refractivity contribution is 7.90. The molecule has 3 aromatic rings. The smallest absolute Gasteiger partial charge is 0.0388 e. The molecule has 28 heavy (non-hydrogen) atoms. The van der Waals surface area contributed by atoms with Gasteiger partial charge in [0.1, 0.15) is 0 Å². The lowest BCUT2D eigenvalue weighted by atomic mass is 9.95. The summed E-state index contributed by atoms with van der Waals surface area (Å²) < 4.78 is 4.60. The Morgan fingerprint density at radius 3 is 0.893 bits per heavy atom. The minimum absolute atomic E-state index is 0.210. The van der Waals surface area contributed by atoms with Crippen molar-refractivity contribution in [1.29, 1.82) is 0 Å². The maximum atomic E-state index is 2.39. The first-order valence-electron chi connectivity index (χ1n) is 9.88. The van der Waals surface area contributed by atoms with Crippen LogP contribution in [0.5, 0.6) is 0 Å². The summed E-state index contributed by atoms with van der Waals surface area (Å²) >= 11 is 6.04. The second-order valence-electron chi connectivity index (χ2n) is 10.5. The third kappa shape index (κ3) is 4.81. The third-order valence-electron chi connectivity index (χ3n) is 4.65. The number of rotatable bonds is 3. The summed E-state index contributed by atoms with van der Waals surface area (Å²) in [5, 5.41) is 0. The van der Waals surface area contributed by atoms with E-state index in [4.69, 9.17) is 0 Å². The normalized spacial score (nSPS) is 13.5. The second-order valence-corrected chi connectivity index (χ2v) is 16.8. The van der Waals surface area contributed by atoms with Gasteiger partial charge in [-0.05, 0) is 52.6 Å².